The van der Waals surface area contributed by atoms with Crippen LogP contribution in [0.2, 0.25) is 0 Å². The number of benzene rings is 1. The summed E-state index contributed by atoms with van der Waals surface area (Å²) in [5, 5.41) is 4.01. The van der Waals surface area contributed by atoms with Crippen LogP contribution in [0.25, 0.3) is 16.8 Å². The molecular formula is C15H14N2OS. The van der Waals surface area contributed by atoms with Gasteiger partial charge in [0.2, 0.25) is 0 Å². The molecule has 0 bridgehead atoms. The van der Waals surface area contributed by atoms with Crippen molar-refractivity contribution in [3.8, 4) is 16.8 Å². The monoisotopic (exact) mass is 270 g/mol. The lowest BCUT2D eigenvalue weighted by Gasteiger charge is -2.07. The predicted molar refractivity (Wildman–Crippen MR) is 79.1 cm³/mol. The van der Waals surface area contributed by atoms with Crippen LogP contribution in [0.4, 0.5) is 0 Å². The van der Waals surface area contributed by atoms with E-state index in [1.165, 1.54) is 0 Å². The third-order valence-electron chi connectivity index (χ3n) is 3.36. The summed E-state index contributed by atoms with van der Waals surface area (Å²) >= 11 is 1.61. The van der Waals surface area contributed by atoms with E-state index in [0.29, 0.717) is 0 Å². The summed E-state index contributed by atoms with van der Waals surface area (Å²) in [6.07, 6.45) is 0. The van der Waals surface area contributed by atoms with E-state index in [9.17, 15) is 4.79 Å². The maximum absolute atomic E-state index is 12.7. The van der Waals surface area contributed by atoms with Crippen LogP contribution in [0.5, 0.6) is 0 Å². The fourth-order valence-corrected chi connectivity index (χ4v) is 2.95. The Morgan fingerprint density at radius 1 is 1.11 bits per heavy atom. The summed E-state index contributed by atoms with van der Waals surface area (Å²) in [6.45, 7) is 1.98. The molecule has 3 nitrogen and oxygen atoms in total. The zero-order chi connectivity index (χ0) is 13.4. The summed E-state index contributed by atoms with van der Waals surface area (Å²) in [6, 6.07) is 11.7. The van der Waals surface area contributed by atoms with Crippen molar-refractivity contribution >= 4 is 11.3 Å². The fourth-order valence-electron chi connectivity index (χ4n) is 2.31. The van der Waals surface area contributed by atoms with Crippen molar-refractivity contribution in [2.24, 2.45) is 7.05 Å². The maximum Gasteiger partial charge on any atom is 0.279 e. The standard InChI is InChI=1S/C15H14N2OS/c1-11-14(12-8-9-19-10-12)15(18)17(16(11)2)13-6-4-3-5-7-13/h3-10H,1-2H3. The molecule has 0 saturated heterocycles. The molecule has 0 amide bonds. The minimum Gasteiger partial charge on any atom is -0.285 e. The van der Waals surface area contributed by atoms with E-state index in [1.807, 2.05) is 65.8 Å². The fraction of sp³-hybridized carbons (Fsp3) is 0.133. The van der Waals surface area contributed by atoms with Crippen molar-refractivity contribution in [1.82, 2.24) is 9.36 Å². The van der Waals surface area contributed by atoms with Crippen molar-refractivity contribution in [3.63, 3.8) is 0 Å². The van der Waals surface area contributed by atoms with Crippen LogP contribution < -0.4 is 5.56 Å². The number of aromatic nitrogens is 2. The Bertz CT molecular complexity index is 752. The van der Waals surface area contributed by atoms with Crippen molar-refractivity contribution in [1.29, 1.82) is 0 Å². The Kier molecular flexibility index (Phi) is 2.87. The molecule has 0 atom stereocenters. The SMILES string of the molecule is Cc1c(-c2ccsc2)c(=O)n(-c2ccccc2)n1C. The molecule has 0 fully saturated rings. The number of hydrogen-bond donors (Lipinski definition) is 0. The first-order chi connectivity index (χ1) is 9.20. The topological polar surface area (TPSA) is 26.9 Å². The van der Waals surface area contributed by atoms with Gasteiger partial charge < -0.3 is 0 Å². The van der Waals surface area contributed by atoms with Gasteiger partial charge in [0.25, 0.3) is 5.56 Å². The van der Waals surface area contributed by atoms with Gasteiger partial charge in [-0.1, -0.05) is 18.2 Å². The van der Waals surface area contributed by atoms with Crippen LogP contribution in [0.1, 0.15) is 5.69 Å². The van der Waals surface area contributed by atoms with E-state index in [-0.39, 0.29) is 5.56 Å². The summed E-state index contributed by atoms with van der Waals surface area (Å²) in [5.74, 6) is 0. The lowest BCUT2D eigenvalue weighted by Crippen LogP contribution is -2.19. The molecule has 3 rings (SSSR count). The van der Waals surface area contributed by atoms with Gasteiger partial charge in [0.15, 0.2) is 0 Å². The van der Waals surface area contributed by atoms with E-state index in [1.54, 1.807) is 16.0 Å². The Labute approximate surface area is 115 Å². The molecule has 2 heterocycles. The molecule has 0 unspecified atom stereocenters. The summed E-state index contributed by atoms with van der Waals surface area (Å²) < 4.78 is 3.62. The molecule has 96 valence electrons. The third-order valence-corrected chi connectivity index (χ3v) is 4.05. The largest absolute Gasteiger partial charge is 0.285 e. The van der Waals surface area contributed by atoms with Gasteiger partial charge in [-0.25, -0.2) is 4.68 Å². The van der Waals surface area contributed by atoms with Gasteiger partial charge in [-0.3, -0.25) is 9.48 Å². The molecule has 0 saturated carbocycles. The molecule has 0 spiro atoms. The van der Waals surface area contributed by atoms with E-state index in [2.05, 4.69) is 0 Å². The van der Waals surface area contributed by atoms with Crippen LogP contribution in [0.3, 0.4) is 0 Å². The Hall–Kier alpha value is -2.07. The van der Waals surface area contributed by atoms with Crippen LogP contribution in [-0.4, -0.2) is 9.36 Å². The van der Waals surface area contributed by atoms with Gasteiger partial charge in [-0.2, -0.15) is 11.3 Å². The molecular weight excluding hydrogens is 256 g/mol. The molecule has 4 heteroatoms. The van der Waals surface area contributed by atoms with E-state index >= 15 is 0 Å². The van der Waals surface area contributed by atoms with Crippen molar-refractivity contribution in [2.75, 3.05) is 0 Å². The summed E-state index contributed by atoms with van der Waals surface area (Å²) in [4.78, 5) is 12.7. The molecule has 19 heavy (non-hydrogen) atoms. The van der Waals surface area contributed by atoms with E-state index in [0.717, 1.165) is 22.5 Å². The van der Waals surface area contributed by atoms with Gasteiger partial charge in [-0.15, -0.1) is 0 Å². The van der Waals surface area contributed by atoms with Crippen LogP contribution >= 0.6 is 11.3 Å². The number of rotatable bonds is 2. The molecule has 0 aliphatic rings. The second-order valence-corrected chi connectivity index (χ2v) is 5.23. The van der Waals surface area contributed by atoms with Gasteiger partial charge >= 0.3 is 0 Å². The second-order valence-electron chi connectivity index (χ2n) is 4.45. The molecule has 2 aromatic heterocycles. The van der Waals surface area contributed by atoms with Crippen molar-refractivity contribution in [2.45, 2.75) is 6.92 Å². The zero-order valence-corrected chi connectivity index (χ0v) is 11.6. The van der Waals surface area contributed by atoms with Crippen LogP contribution in [0.15, 0.2) is 52.0 Å². The first-order valence-corrected chi connectivity index (χ1v) is 7.01. The predicted octanol–water partition coefficient (Wildman–Crippen LogP) is 3.21. The molecule has 3 aromatic rings. The quantitative estimate of drug-likeness (QED) is 0.702. The number of para-hydroxylation sites is 1. The highest BCUT2D eigenvalue weighted by Gasteiger charge is 2.17. The van der Waals surface area contributed by atoms with E-state index < -0.39 is 0 Å². The minimum absolute atomic E-state index is 0.0320. The van der Waals surface area contributed by atoms with Crippen molar-refractivity contribution in [3.05, 3.63) is 63.2 Å². The first-order valence-electron chi connectivity index (χ1n) is 6.06. The number of nitrogens with zero attached hydrogens (tertiary/aromatic N) is 2. The van der Waals surface area contributed by atoms with Gasteiger partial charge in [0.1, 0.15) is 0 Å². The maximum atomic E-state index is 12.7. The van der Waals surface area contributed by atoms with Crippen LogP contribution in [-0.2, 0) is 7.05 Å². The average Bonchev–Trinajstić information content (AvgIpc) is 3.00. The molecule has 1 aromatic carbocycles. The molecule has 0 aliphatic carbocycles. The average molecular weight is 270 g/mol. The third kappa shape index (κ3) is 1.85. The van der Waals surface area contributed by atoms with Crippen LogP contribution in [0, 0.1) is 6.92 Å². The highest BCUT2D eigenvalue weighted by molar-refractivity contribution is 7.08. The molecule has 0 N–H and O–H groups in total. The highest BCUT2D eigenvalue weighted by atomic mass is 32.1. The zero-order valence-electron chi connectivity index (χ0n) is 10.8. The van der Waals surface area contributed by atoms with E-state index in [4.69, 9.17) is 0 Å². The van der Waals surface area contributed by atoms with Gasteiger partial charge in [-0.05, 0) is 41.4 Å². The Balaban J connectivity index is 2.30. The summed E-state index contributed by atoms with van der Waals surface area (Å²) in [7, 11) is 1.92. The van der Waals surface area contributed by atoms with Gasteiger partial charge in [0, 0.05) is 12.7 Å². The first kappa shape index (κ1) is 12.0. The Morgan fingerprint density at radius 2 is 1.84 bits per heavy atom. The molecule has 0 aliphatic heterocycles. The number of hydrogen-bond acceptors (Lipinski definition) is 2. The smallest absolute Gasteiger partial charge is 0.279 e. The highest BCUT2D eigenvalue weighted by Crippen LogP contribution is 2.23. The van der Waals surface area contributed by atoms with Crippen molar-refractivity contribution < 1.29 is 0 Å². The lowest BCUT2D eigenvalue weighted by molar-refractivity contribution is 0.630. The number of thiophene rings is 1. The summed E-state index contributed by atoms with van der Waals surface area (Å²) in [5.41, 5.74) is 3.68. The molecule has 0 radical (unpaired) electrons. The van der Waals surface area contributed by atoms with Gasteiger partial charge in [0.05, 0.1) is 11.3 Å². The second kappa shape index (κ2) is 4.55. The normalized spacial score (nSPS) is 10.8. The Morgan fingerprint density at radius 3 is 2.47 bits per heavy atom. The lowest BCUT2D eigenvalue weighted by atomic mass is 10.1. The minimum atomic E-state index is 0.0320.